The van der Waals surface area contributed by atoms with Gasteiger partial charge >= 0.3 is 5.63 Å². The first-order chi connectivity index (χ1) is 12.5. The molecule has 0 spiro atoms. The van der Waals surface area contributed by atoms with Crippen molar-refractivity contribution in [2.24, 2.45) is 0 Å². The second-order valence-electron chi connectivity index (χ2n) is 5.84. The van der Waals surface area contributed by atoms with Crippen LogP contribution in [0.1, 0.15) is 16.7 Å². The van der Waals surface area contributed by atoms with Gasteiger partial charge in [-0.2, -0.15) is 0 Å². The first kappa shape index (κ1) is 17.9. The van der Waals surface area contributed by atoms with Gasteiger partial charge in [-0.1, -0.05) is 17.7 Å². The lowest BCUT2D eigenvalue weighted by molar-refractivity contribution is -0.123. The molecule has 6 nitrogen and oxygen atoms in total. The van der Waals surface area contributed by atoms with Crippen LogP contribution in [0.2, 0.25) is 5.02 Å². The highest BCUT2D eigenvalue weighted by molar-refractivity contribution is 6.32. The number of fused-ring (bicyclic) bond motifs is 1. The number of pyridine rings is 1. The third kappa shape index (κ3) is 3.86. The van der Waals surface area contributed by atoms with Crippen molar-refractivity contribution >= 4 is 28.5 Å². The maximum Gasteiger partial charge on any atom is 0.339 e. The second-order valence-corrected chi connectivity index (χ2v) is 6.25. The molecule has 0 aliphatic rings. The van der Waals surface area contributed by atoms with E-state index in [1.54, 1.807) is 31.5 Å². The molecule has 2 heterocycles. The molecule has 0 aliphatic heterocycles. The highest BCUT2D eigenvalue weighted by Crippen LogP contribution is 2.31. The van der Waals surface area contributed by atoms with Gasteiger partial charge in [0.05, 0.1) is 5.02 Å². The number of carbonyl (C=O) groups excluding carboxylic acids is 1. The van der Waals surface area contributed by atoms with Crippen LogP contribution in [0.25, 0.3) is 11.0 Å². The van der Waals surface area contributed by atoms with Crippen molar-refractivity contribution in [3.8, 4) is 5.75 Å². The van der Waals surface area contributed by atoms with E-state index >= 15 is 0 Å². The van der Waals surface area contributed by atoms with Crippen LogP contribution in [-0.4, -0.2) is 17.5 Å². The molecule has 0 saturated heterocycles. The van der Waals surface area contributed by atoms with E-state index in [4.69, 9.17) is 20.8 Å². The molecule has 0 saturated carbocycles. The van der Waals surface area contributed by atoms with Crippen molar-refractivity contribution < 1.29 is 13.9 Å². The maximum absolute atomic E-state index is 11.9. The van der Waals surface area contributed by atoms with Gasteiger partial charge in [-0.25, -0.2) is 4.79 Å². The van der Waals surface area contributed by atoms with Crippen molar-refractivity contribution in [3.05, 3.63) is 68.8 Å². The van der Waals surface area contributed by atoms with Crippen molar-refractivity contribution in [3.63, 3.8) is 0 Å². The predicted octanol–water partition coefficient (Wildman–Crippen LogP) is 3.15. The van der Waals surface area contributed by atoms with Crippen LogP contribution in [0.5, 0.6) is 5.75 Å². The van der Waals surface area contributed by atoms with Crippen LogP contribution in [-0.2, 0) is 11.3 Å². The average molecular weight is 373 g/mol. The van der Waals surface area contributed by atoms with Crippen LogP contribution in [0.4, 0.5) is 0 Å². The van der Waals surface area contributed by atoms with Crippen molar-refractivity contribution in [1.29, 1.82) is 0 Å². The lowest BCUT2D eigenvalue weighted by Crippen LogP contribution is -2.28. The monoisotopic (exact) mass is 372 g/mol. The highest BCUT2D eigenvalue weighted by atomic mass is 35.5. The predicted molar refractivity (Wildman–Crippen MR) is 98.5 cm³/mol. The molecule has 134 valence electrons. The number of carbonyl (C=O) groups is 1. The number of nitrogens with zero attached hydrogens (tertiary/aromatic N) is 1. The number of aromatic nitrogens is 1. The van der Waals surface area contributed by atoms with E-state index in [9.17, 15) is 9.59 Å². The minimum Gasteiger partial charge on any atom is -0.482 e. The van der Waals surface area contributed by atoms with Gasteiger partial charge in [-0.3, -0.25) is 9.78 Å². The summed E-state index contributed by atoms with van der Waals surface area (Å²) >= 11 is 6.24. The fraction of sp³-hybridized carbons (Fsp3) is 0.211. The highest BCUT2D eigenvalue weighted by Gasteiger charge is 2.13. The second kappa shape index (κ2) is 7.58. The van der Waals surface area contributed by atoms with Gasteiger partial charge in [0.15, 0.2) is 6.61 Å². The van der Waals surface area contributed by atoms with E-state index in [-0.39, 0.29) is 18.3 Å². The molecule has 3 aromatic rings. The molecule has 1 amide bonds. The molecule has 0 fully saturated rings. The maximum atomic E-state index is 11.9. The number of ether oxygens (including phenoxy) is 1. The number of amides is 1. The Labute approximate surface area is 154 Å². The summed E-state index contributed by atoms with van der Waals surface area (Å²) in [5, 5.41) is 3.81. The van der Waals surface area contributed by atoms with E-state index in [1.165, 1.54) is 6.07 Å². The quantitative estimate of drug-likeness (QED) is 0.696. The number of rotatable bonds is 5. The number of nitrogens with one attached hydrogen (secondary N) is 1. The van der Waals surface area contributed by atoms with E-state index in [0.29, 0.717) is 22.7 Å². The van der Waals surface area contributed by atoms with Crippen molar-refractivity contribution in [2.45, 2.75) is 20.4 Å². The van der Waals surface area contributed by atoms with Crippen molar-refractivity contribution in [2.75, 3.05) is 6.61 Å². The molecule has 0 unspecified atom stereocenters. The van der Waals surface area contributed by atoms with Gasteiger partial charge < -0.3 is 14.5 Å². The molecule has 0 aliphatic carbocycles. The molecule has 0 bridgehead atoms. The Balaban J connectivity index is 1.70. The Morgan fingerprint density at radius 1 is 1.31 bits per heavy atom. The van der Waals surface area contributed by atoms with Gasteiger partial charge in [0, 0.05) is 36.0 Å². The summed E-state index contributed by atoms with van der Waals surface area (Å²) in [7, 11) is 0. The molecular weight excluding hydrogens is 356 g/mol. The summed E-state index contributed by atoms with van der Waals surface area (Å²) in [6.45, 7) is 3.68. The first-order valence-corrected chi connectivity index (χ1v) is 8.35. The Morgan fingerprint density at radius 2 is 2.12 bits per heavy atom. The lowest BCUT2D eigenvalue weighted by atomic mass is 10.1. The number of aryl methyl sites for hydroxylation is 1. The summed E-state index contributed by atoms with van der Waals surface area (Å²) in [6, 6.07) is 6.86. The molecule has 0 atom stereocenters. The summed E-state index contributed by atoms with van der Waals surface area (Å²) in [5.41, 5.74) is 2.19. The molecule has 7 heteroatoms. The van der Waals surface area contributed by atoms with Crippen LogP contribution >= 0.6 is 11.6 Å². The fourth-order valence-electron chi connectivity index (χ4n) is 2.45. The Kier molecular flexibility index (Phi) is 5.23. The minimum absolute atomic E-state index is 0.208. The van der Waals surface area contributed by atoms with E-state index in [1.807, 2.05) is 13.0 Å². The average Bonchev–Trinajstić information content (AvgIpc) is 2.64. The normalized spacial score (nSPS) is 10.7. The summed E-state index contributed by atoms with van der Waals surface area (Å²) < 4.78 is 10.8. The van der Waals surface area contributed by atoms with Gasteiger partial charge in [-0.15, -0.1) is 0 Å². The zero-order valence-electron chi connectivity index (χ0n) is 14.3. The summed E-state index contributed by atoms with van der Waals surface area (Å²) in [5.74, 6) is -0.0198. The molecular formula is C19H17ClN2O4. The van der Waals surface area contributed by atoms with Crippen LogP contribution in [0.15, 0.2) is 45.9 Å². The molecule has 2 aromatic heterocycles. The molecule has 1 aromatic carbocycles. The summed E-state index contributed by atoms with van der Waals surface area (Å²) in [4.78, 5) is 27.8. The van der Waals surface area contributed by atoms with E-state index in [0.717, 1.165) is 16.5 Å². The Bertz CT molecular complexity index is 1020. The number of benzene rings is 1. The van der Waals surface area contributed by atoms with E-state index < -0.39 is 5.63 Å². The van der Waals surface area contributed by atoms with Gasteiger partial charge in [-0.05, 0) is 37.1 Å². The largest absolute Gasteiger partial charge is 0.482 e. The zero-order valence-corrected chi connectivity index (χ0v) is 15.1. The summed E-state index contributed by atoms with van der Waals surface area (Å²) in [6.07, 6.45) is 3.34. The first-order valence-electron chi connectivity index (χ1n) is 7.97. The Morgan fingerprint density at radius 3 is 2.85 bits per heavy atom. The Hall–Kier alpha value is -2.86. The van der Waals surface area contributed by atoms with Crippen LogP contribution < -0.4 is 15.7 Å². The van der Waals surface area contributed by atoms with E-state index in [2.05, 4.69) is 10.3 Å². The number of halogens is 1. The van der Waals surface area contributed by atoms with Gasteiger partial charge in [0.25, 0.3) is 5.91 Å². The number of hydrogen-bond acceptors (Lipinski definition) is 5. The van der Waals surface area contributed by atoms with Crippen LogP contribution in [0.3, 0.4) is 0 Å². The standard InChI is InChI=1S/C19H17ClN2O4/c1-11-12(2)19(24)26-16-7-17(15(20)6-14(11)16)25-10-18(23)22-9-13-4-3-5-21-8-13/h3-8H,9-10H2,1-2H3,(H,22,23). The topological polar surface area (TPSA) is 81.4 Å². The fourth-order valence-corrected chi connectivity index (χ4v) is 2.67. The SMILES string of the molecule is Cc1c(C)c2cc(Cl)c(OCC(=O)NCc3cccnc3)cc2oc1=O. The van der Waals surface area contributed by atoms with Crippen molar-refractivity contribution in [1.82, 2.24) is 10.3 Å². The third-order valence-corrected chi connectivity index (χ3v) is 4.38. The number of hydrogen-bond donors (Lipinski definition) is 1. The molecule has 0 radical (unpaired) electrons. The lowest BCUT2D eigenvalue weighted by Gasteiger charge is -2.11. The smallest absolute Gasteiger partial charge is 0.339 e. The van der Waals surface area contributed by atoms with Crippen LogP contribution in [0, 0.1) is 13.8 Å². The third-order valence-electron chi connectivity index (χ3n) is 4.08. The molecule has 26 heavy (non-hydrogen) atoms. The van der Waals surface area contributed by atoms with Gasteiger partial charge in [0.2, 0.25) is 0 Å². The molecule has 1 N–H and O–H groups in total. The molecule has 3 rings (SSSR count). The zero-order chi connectivity index (χ0) is 18.7. The minimum atomic E-state index is -0.405. The van der Waals surface area contributed by atoms with Gasteiger partial charge in [0.1, 0.15) is 11.3 Å².